The van der Waals surface area contributed by atoms with Gasteiger partial charge in [-0.25, -0.2) is 0 Å². The summed E-state index contributed by atoms with van der Waals surface area (Å²) in [4.78, 5) is 11.0. The number of methoxy groups -OCH3 is 1. The lowest BCUT2D eigenvalue weighted by Gasteiger charge is -2.07. The predicted molar refractivity (Wildman–Crippen MR) is 59.5 cm³/mol. The second kappa shape index (κ2) is 5.37. The van der Waals surface area contributed by atoms with Crippen molar-refractivity contribution in [3.8, 4) is 0 Å². The van der Waals surface area contributed by atoms with E-state index in [1.165, 1.54) is 7.11 Å². The molecule has 1 aromatic carbocycles. The molecule has 0 aliphatic heterocycles. The Kier molecular flexibility index (Phi) is 4.42. The Bertz CT molecular complexity index is 328. The average molecular weight is 278 g/mol. The van der Waals surface area contributed by atoms with E-state index in [1.54, 1.807) is 0 Å². The van der Waals surface area contributed by atoms with Crippen molar-refractivity contribution < 1.29 is 9.53 Å². The molecule has 1 unspecified atom stereocenters. The summed E-state index contributed by atoms with van der Waals surface area (Å²) < 4.78 is 5.51. The van der Waals surface area contributed by atoms with Gasteiger partial charge in [-0.2, -0.15) is 0 Å². The molecule has 0 aliphatic rings. The summed E-state index contributed by atoms with van der Waals surface area (Å²) in [7, 11) is 1.33. The number of esters is 1. The normalized spacial score (nSPS) is 12.2. The molecule has 0 saturated heterocycles. The number of carbonyl (C=O) groups excluding carboxylic acids is 1. The molecular formula is C10H10BrClO2. The zero-order valence-electron chi connectivity index (χ0n) is 7.67. The first-order chi connectivity index (χ1) is 6.63. The van der Waals surface area contributed by atoms with Crippen LogP contribution in [0.5, 0.6) is 0 Å². The van der Waals surface area contributed by atoms with Crippen molar-refractivity contribution >= 4 is 33.5 Å². The number of rotatable bonds is 3. The van der Waals surface area contributed by atoms with E-state index in [9.17, 15) is 4.79 Å². The second-order valence-corrected chi connectivity index (χ2v) is 4.27. The van der Waals surface area contributed by atoms with E-state index in [1.807, 2.05) is 24.3 Å². The van der Waals surface area contributed by atoms with Crippen LogP contribution in [0.1, 0.15) is 5.56 Å². The van der Waals surface area contributed by atoms with Gasteiger partial charge in [0.2, 0.25) is 0 Å². The van der Waals surface area contributed by atoms with Gasteiger partial charge in [0.25, 0.3) is 0 Å². The Hall–Kier alpha value is -0.540. The molecule has 14 heavy (non-hydrogen) atoms. The summed E-state index contributed by atoms with van der Waals surface area (Å²) in [5.41, 5.74) is 1.00. The molecule has 0 N–H and O–H groups in total. The molecule has 4 heteroatoms. The van der Waals surface area contributed by atoms with E-state index in [-0.39, 0.29) is 0 Å². The van der Waals surface area contributed by atoms with Crippen LogP contribution in [0.4, 0.5) is 0 Å². The third-order valence-electron chi connectivity index (χ3n) is 1.76. The Morgan fingerprint density at radius 2 is 2.36 bits per heavy atom. The summed E-state index contributed by atoms with van der Waals surface area (Å²) in [5.74, 6) is -0.397. The topological polar surface area (TPSA) is 26.3 Å². The van der Waals surface area contributed by atoms with Crippen LogP contribution in [0.15, 0.2) is 28.7 Å². The molecule has 0 fully saturated rings. The molecule has 1 rings (SSSR count). The van der Waals surface area contributed by atoms with Crippen molar-refractivity contribution in [3.63, 3.8) is 0 Å². The first-order valence-electron chi connectivity index (χ1n) is 4.10. The van der Waals surface area contributed by atoms with Crippen LogP contribution < -0.4 is 0 Å². The van der Waals surface area contributed by atoms with E-state index in [0.29, 0.717) is 6.42 Å². The lowest BCUT2D eigenvalue weighted by Crippen LogP contribution is -2.18. The fraction of sp³-hybridized carbons (Fsp3) is 0.300. The molecule has 1 atom stereocenters. The van der Waals surface area contributed by atoms with Crippen LogP contribution in [0.3, 0.4) is 0 Å². The lowest BCUT2D eigenvalue weighted by molar-refractivity contribution is -0.140. The molecule has 1 aromatic rings. The third-order valence-corrected chi connectivity index (χ3v) is 2.59. The van der Waals surface area contributed by atoms with Gasteiger partial charge in [0, 0.05) is 4.47 Å². The molecule has 0 amide bonds. The van der Waals surface area contributed by atoms with Gasteiger partial charge in [0.1, 0.15) is 5.38 Å². The quantitative estimate of drug-likeness (QED) is 0.627. The minimum atomic E-state index is -0.616. The number of ether oxygens (including phenoxy) is 1. The van der Waals surface area contributed by atoms with Gasteiger partial charge in [0.05, 0.1) is 7.11 Å². The third kappa shape index (κ3) is 3.31. The number of halogens is 2. The zero-order chi connectivity index (χ0) is 10.6. The second-order valence-electron chi connectivity index (χ2n) is 2.82. The summed E-state index contributed by atoms with van der Waals surface area (Å²) in [6.07, 6.45) is 0.480. The molecular weight excluding hydrogens is 267 g/mol. The smallest absolute Gasteiger partial charge is 0.324 e. The largest absolute Gasteiger partial charge is 0.468 e. The highest BCUT2D eigenvalue weighted by atomic mass is 79.9. The maximum Gasteiger partial charge on any atom is 0.324 e. The van der Waals surface area contributed by atoms with Crippen LogP contribution in [0.25, 0.3) is 0 Å². The minimum Gasteiger partial charge on any atom is -0.468 e. The van der Waals surface area contributed by atoms with Crippen LogP contribution in [0.2, 0.25) is 0 Å². The van der Waals surface area contributed by atoms with Crippen molar-refractivity contribution in [1.29, 1.82) is 0 Å². The highest BCUT2D eigenvalue weighted by molar-refractivity contribution is 9.10. The summed E-state index contributed by atoms with van der Waals surface area (Å²) in [6, 6.07) is 7.67. The zero-order valence-corrected chi connectivity index (χ0v) is 10.0. The van der Waals surface area contributed by atoms with E-state index in [0.717, 1.165) is 10.0 Å². The molecule has 0 aromatic heterocycles. The molecule has 0 saturated carbocycles. The molecule has 0 aliphatic carbocycles. The Labute approximate surface area is 96.3 Å². The maximum absolute atomic E-state index is 11.0. The first-order valence-corrected chi connectivity index (χ1v) is 5.32. The summed E-state index contributed by atoms with van der Waals surface area (Å²) in [5, 5.41) is -0.616. The van der Waals surface area contributed by atoms with Gasteiger partial charge >= 0.3 is 5.97 Å². The van der Waals surface area contributed by atoms with Crippen molar-refractivity contribution in [2.24, 2.45) is 0 Å². The Balaban J connectivity index is 2.64. The minimum absolute atomic E-state index is 0.397. The summed E-state index contributed by atoms with van der Waals surface area (Å²) in [6.45, 7) is 0. The number of alkyl halides is 1. The first kappa shape index (κ1) is 11.5. The highest BCUT2D eigenvalue weighted by Crippen LogP contribution is 2.15. The van der Waals surface area contributed by atoms with Gasteiger partial charge < -0.3 is 4.74 Å². The van der Waals surface area contributed by atoms with E-state index in [2.05, 4.69) is 20.7 Å². The van der Waals surface area contributed by atoms with Gasteiger partial charge in [0.15, 0.2) is 0 Å². The maximum atomic E-state index is 11.0. The van der Waals surface area contributed by atoms with Crippen molar-refractivity contribution in [1.82, 2.24) is 0 Å². The average Bonchev–Trinajstić information content (AvgIpc) is 2.16. The predicted octanol–water partition coefficient (Wildman–Crippen LogP) is 2.77. The van der Waals surface area contributed by atoms with E-state index in [4.69, 9.17) is 11.6 Å². The van der Waals surface area contributed by atoms with Crippen molar-refractivity contribution in [2.45, 2.75) is 11.8 Å². The number of hydrogen-bond acceptors (Lipinski definition) is 2. The SMILES string of the molecule is COC(=O)C(Cl)Cc1cccc(Br)c1. The van der Waals surface area contributed by atoms with Gasteiger partial charge in [-0.05, 0) is 24.1 Å². The Morgan fingerprint density at radius 1 is 1.64 bits per heavy atom. The highest BCUT2D eigenvalue weighted by Gasteiger charge is 2.15. The van der Waals surface area contributed by atoms with Crippen LogP contribution >= 0.6 is 27.5 Å². The van der Waals surface area contributed by atoms with Crippen LogP contribution in [0, 0.1) is 0 Å². The molecule has 0 radical (unpaired) electrons. The van der Waals surface area contributed by atoms with Gasteiger partial charge in [-0.15, -0.1) is 11.6 Å². The molecule has 76 valence electrons. The van der Waals surface area contributed by atoms with Crippen LogP contribution in [-0.2, 0) is 16.0 Å². The number of carbonyl (C=O) groups is 1. The molecule has 0 heterocycles. The van der Waals surface area contributed by atoms with Crippen molar-refractivity contribution in [3.05, 3.63) is 34.3 Å². The number of hydrogen-bond donors (Lipinski definition) is 0. The molecule has 2 nitrogen and oxygen atoms in total. The van der Waals surface area contributed by atoms with Crippen molar-refractivity contribution in [2.75, 3.05) is 7.11 Å². The Morgan fingerprint density at radius 3 is 2.93 bits per heavy atom. The lowest BCUT2D eigenvalue weighted by atomic mass is 10.1. The van der Waals surface area contributed by atoms with Gasteiger partial charge in [-0.1, -0.05) is 28.1 Å². The molecule has 0 spiro atoms. The fourth-order valence-electron chi connectivity index (χ4n) is 1.08. The monoisotopic (exact) mass is 276 g/mol. The van der Waals surface area contributed by atoms with Crippen LogP contribution in [-0.4, -0.2) is 18.5 Å². The van der Waals surface area contributed by atoms with E-state index >= 15 is 0 Å². The van der Waals surface area contributed by atoms with E-state index < -0.39 is 11.3 Å². The standard InChI is InChI=1S/C10H10BrClO2/c1-14-10(13)9(12)6-7-3-2-4-8(11)5-7/h2-5,9H,6H2,1H3. The number of benzene rings is 1. The summed E-state index contributed by atoms with van der Waals surface area (Å²) >= 11 is 9.18. The van der Waals surface area contributed by atoms with Gasteiger partial charge in [-0.3, -0.25) is 4.79 Å². The fourth-order valence-corrected chi connectivity index (χ4v) is 1.80. The molecule has 0 bridgehead atoms.